The summed E-state index contributed by atoms with van der Waals surface area (Å²) in [5, 5.41) is 5.55. The van der Waals surface area contributed by atoms with Gasteiger partial charge in [0.05, 0.1) is 25.8 Å². The smallest absolute Gasteiger partial charge is 0.341 e. The van der Waals surface area contributed by atoms with Crippen molar-refractivity contribution in [2.24, 2.45) is 0 Å². The highest BCUT2D eigenvalue weighted by Crippen LogP contribution is 2.32. The van der Waals surface area contributed by atoms with Crippen molar-refractivity contribution in [3.8, 4) is 5.75 Å². The number of hydrogen-bond donors (Lipinski definition) is 0. The van der Waals surface area contributed by atoms with Gasteiger partial charge in [-0.15, -0.1) is 0 Å². The number of aromatic nitrogens is 2. The van der Waals surface area contributed by atoms with Crippen molar-refractivity contribution < 1.29 is 19.1 Å². The normalized spacial score (nSPS) is 20.3. The molecule has 2 aromatic rings. The van der Waals surface area contributed by atoms with E-state index >= 15 is 0 Å². The standard InChI is InChI=1S/C18H23N3O4/c1-20(11-22)13-4-6-14(7-5-13)21-10-12-8-15(18(23)25-3)17(24-2)9-16(12)19-21/h8-11,13-14H,4-7H2,1-3H3. The van der Waals surface area contributed by atoms with Crippen LogP contribution in [0, 0.1) is 0 Å². The summed E-state index contributed by atoms with van der Waals surface area (Å²) in [6, 6.07) is 4.14. The van der Waals surface area contributed by atoms with Gasteiger partial charge < -0.3 is 14.4 Å². The number of nitrogens with zero attached hydrogens (tertiary/aromatic N) is 3. The zero-order chi connectivity index (χ0) is 18.0. The Morgan fingerprint density at radius 1 is 1.28 bits per heavy atom. The second-order valence-electron chi connectivity index (χ2n) is 6.45. The maximum atomic E-state index is 11.9. The number of benzene rings is 1. The minimum Gasteiger partial charge on any atom is -0.496 e. The molecule has 1 heterocycles. The Morgan fingerprint density at radius 2 is 2.00 bits per heavy atom. The van der Waals surface area contributed by atoms with Crippen LogP contribution < -0.4 is 4.74 Å². The van der Waals surface area contributed by atoms with Crippen LogP contribution in [0.25, 0.3) is 10.9 Å². The predicted molar refractivity (Wildman–Crippen MR) is 92.7 cm³/mol. The number of esters is 1. The number of methoxy groups -OCH3 is 2. The van der Waals surface area contributed by atoms with Crippen molar-refractivity contribution in [2.75, 3.05) is 21.3 Å². The Kier molecular flexibility index (Phi) is 4.92. The van der Waals surface area contributed by atoms with Crippen LogP contribution in [0.2, 0.25) is 0 Å². The van der Waals surface area contributed by atoms with E-state index in [0.717, 1.165) is 43.0 Å². The summed E-state index contributed by atoms with van der Waals surface area (Å²) < 4.78 is 12.1. The van der Waals surface area contributed by atoms with Gasteiger partial charge in [-0.1, -0.05) is 0 Å². The van der Waals surface area contributed by atoms with Crippen molar-refractivity contribution in [2.45, 2.75) is 37.8 Å². The topological polar surface area (TPSA) is 73.7 Å². The van der Waals surface area contributed by atoms with E-state index in [-0.39, 0.29) is 0 Å². The largest absolute Gasteiger partial charge is 0.496 e. The van der Waals surface area contributed by atoms with Crippen LogP contribution >= 0.6 is 0 Å². The Morgan fingerprint density at radius 3 is 2.60 bits per heavy atom. The van der Waals surface area contributed by atoms with Crippen LogP contribution in [0.15, 0.2) is 18.3 Å². The Balaban J connectivity index is 1.84. The maximum absolute atomic E-state index is 11.9. The first-order valence-electron chi connectivity index (χ1n) is 8.39. The summed E-state index contributed by atoms with van der Waals surface area (Å²) in [6.07, 6.45) is 6.73. The Bertz CT molecular complexity index is 778. The first kappa shape index (κ1) is 17.3. The van der Waals surface area contributed by atoms with Gasteiger partial charge in [-0.25, -0.2) is 4.79 Å². The molecule has 1 aliphatic carbocycles. The first-order valence-corrected chi connectivity index (χ1v) is 8.39. The zero-order valence-corrected chi connectivity index (χ0v) is 14.8. The van der Waals surface area contributed by atoms with Crippen molar-refractivity contribution in [1.82, 2.24) is 14.7 Å². The molecular formula is C18H23N3O4. The van der Waals surface area contributed by atoms with Gasteiger partial charge in [0.1, 0.15) is 11.3 Å². The second kappa shape index (κ2) is 7.13. The quantitative estimate of drug-likeness (QED) is 0.614. The molecule has 25 heavy (non-hydrogen) atoms. The lowest BCUT2D eigenvalue weighted by atomic mass is 9.91. The molecular weight excluding hydrogens is 322 g/mol. The second-order valence-corrected chi connectivity index (χ2v) is 6.45. The molecule has 0 spiro atoms. The van der Waals surface area contributed by atoms with E-state index in [1.54, 1.807) is 17.0 Å². The fraction of sp³-hybridized carbons (Fsp3) is 0.500. The van der Waals surface area contributed by atoms with Crippen molar-refractivity contribution in [3.05, 3.63) is 23.9 Å². The van der Waals surface area contributed by atoms with E-state index in [1.165, 1.54) is 14.2 Å². The summed E-state index contributed by atoms with van der Waals surface area (Å²) in [5.74, 6) is 0.0322. The number of hydrogen-bond acceptors (Lipinski definition) is 5. The highest BCUT2D eigenvalue weighted by Gasteiger charge is 2.25. The molecule has 7 nitrogen and oxygen atoms in total. The number of amides is 1. The highest BCUT2D eigenvalue weighted by atomic mass is 16.5. The molecule has 1 aromatic heterocycles. The van der Waals surface area contributed by atoms with Gasteiger partial charge >= 0.3 is 5.97 Å². The van der Waals surface area contributed by atoms with E-state index < -0.39 is 5.97 Å². The lowest BCUT2D eigenvalue weighted by molar-refractivity contribution is -0.119. The van der Waals surface area contributed by atoms with E-state index in [2.05, 4.69) is 5.10 Å². The van der Waals surface area contributed by atoms with Crippen LogP contribution in [0.3, 0.4) is 0 Å². The fourth-order valence-electron chi connectivity index (χ4n) is 3.51. The van der Waals surface area contributed by atoms with Gasteiger partial charge in [0.2, 0.25) is 6.41 Å². The summed E-state index contributed by atoms with van der Waals surface area (Å²) in [6.45, 7) is 0. The molecule has 1 aromatic carbocycles. The molecule has 1 fully saturated rings. The monoisotopic (exact) mass is 345 g/mol. The Hall–Kier alpha value is -2.57. The van der Waals surface area contributed by atoms with Gasteiger partial charge in [0.15, 0.2) is 0 Å². The molecule has 134 valence electrons. The van der Waals surface area contributed by atoms with E-state index in [9.17, 15) is 9.59 Å². The summed E-state index contributed by atoms with van der Waals surface area (Å²) in [5.41, 5.74) is 1.19. The van der Waals surface area contributed by atoms with Gasteiger partial charge in [-0.05, 0) is 31.7 Å². The van der Waals surface area contributed by atoms with E-state index in [1.807, 2.05) is 17.9 Å². The van der Waals surface area contributed by atoms with Crippen molar-refractivity contribution in [1.29, 1.82) is 0 Å². The average Bonchev–Trinajstić information content (AvgIpc) is 3.08. The molecule has 0 saturated heterocycles. The maximum Gasteiger partial charge on any atom is 0.341 e. The molecule has 7 heteroatoms. The lowest BCUT2D eigenvalue weighted by Gasteiger charge is -2.32. The summed E-state index contributed by atoms with van der Waals surface area (Å²) in [4.78, 5) is 24.6. The summed E-state index contributed by atoms with van der Waals surface area (Å²) >= 11 is 0. The molecule has 0 unspecified atom stereocenters. The SMILES string of the molecule is COC(=O)c1cc2cn(C3CCC(N(C)C=O)CC3)nc2cc1OC. The molecule has 1 amide bonds. The average molecular weight is 345 g/mol. The first-order chi connectivity index (χ1) is 12.1. The zero-order valence-electron chi connectivity index (χ0n) is 14.8. The number of carbonyl (C=O) groups excluding carboxylic acids is 2. The molecule has 0 N–H and O–H groups in total. The van der Waals surface area contributed by atoms with Crippen molar-refractivity contribution in [3.63, 3.8) is 0 Å². The van der Waals surface area contributed by atoms with Crippen LogP contribution in [0.4, 0.5) is 0 Å². The van der Waals surface area contributed by atoms with E-state index in [4.69, 9.17) is 9.47 Å². The van der Waals surface area contributed by atoms with Gasteiger partial charge in [-0.3, -0.25) is 9.48 Å². The van der Waals surface area contributed by atoms with E-state index in [0.29, 0.717) is 23.4 Å². The van der Waals surface area contributed by atoms with Crippen LogP contribution in [-0.2, 0) is 9.53 Å². The van der Waals surface area contributed by atoms with Crippen LogP contribution in [-0.4, -0.2) is 54.4 Å². The number of ether oxygens (including phenoxy) is 2. The van der Waals surface area contributed by atoms with Crippen LogP contribution in [0.5, 0.6) is 5.75 Å². The third-order valence-electron chi connectivity index (χ3n) is 5.03. The Labute approximate surface area is 146 Å². The van der Waals surface area contributed by atoms with Crippen molar-refractivity contribution >= 4 is 23.3 Å². The number of carbonyl (C=O) groups is 2. The van der Waals surface area contributed by atoms with Gasteiger partial charge in [0, 0.05) is 30.7 Å². The summed E-state index contributed by atoms with van der Waals surface area (Å²) in [7, 11) is 4.71. The minimum absolute atomic E-state index is 0.302. The molecule has 1 aliphatic rings. The predicted octanol–water partition coefficient (Wildman–Crippen LogP) is 2.40. The number of fused-ring (bicyclic) bond motifs is 1. The molecule has 1 saturated carbocycles. The molecule has 0 atom stereocenters. The molecule has 0 bridgehead atoms. The van der Waals surface area contributed by atoms with Gasteiger partial charge in [-0.2, -0.15) is 5.10 Å². The highest BCUT2D eigenvalue weighted by molar-refractivity contribution is 5.97. The molecule has 0 aliphatic heterocycles. The lowest BCUT2D eigenvalue weighted by Crippen LogP contribution is -2.34. The fourth-order valence-corrected chi connectivity index (χ4v) is 3.51. The van der Waals surface area contributed by atoms with Gasteiger partial charge in [0.25, 0.3) is 0 Å². The third-order valence-corrected chi connectivity index (χ3v) is 5.03. The third kappa shape index (κ3) is 3.31. The van der Waals surface area contributed by atoms with Crippen LogP contribution in [0.1, 0.15) is 42.1 Å². The molecule has 0 radical (unpaired) electrons. The number of rotatable bonds is 5. The molecule has 3 rings (SSSR count). The minimum atomic E-state index is -0.427.